The van der Waals surface area contributed by atoms with Crippen LogP contribution in [0.1, 0.15) is 43.1 Å². The third kappa shape index (κ3) is 2.89. The van der Waals surface area contributed by atoms with E-state index < -0.39 is 0 Å². The van der Waals surface area contributed by atoms with Crippen molar-refractivity contribution in [3.8, 4) is 0 Å². The van der Waals surface area contributed by atoms with Gasteiger partial charge in [-0.2, -0.15) is 5.10 Å². The molecule has 1 unspecified atom stereocenters. The third-order valence-electron chi connectivity index (χ3n) is 3.96. The Morgan fingerprint density at radius 2 is 2.06 bits per heavy atom. The molecule has 1 aliphatic carbocycles. The Morgan fingerprint density at radius 1 is 1.35 bits per heavy atom. The van der Waals surface area contributed by atoms with Crippen LogP contribution in [0.15, 0.2) is 0 Å². The van der Waals surface area contributed by atoms with Gasteiger partial charge in [0, 0.05) is 11.7 Å². The van der Waals surface area contributed by atoms with E-state index in [2.05, 4.69) is 42.8 Å². The zero-order chi connectivity index (χ0) is 12.4. The topological polar surface area (TPSA) is 29.9 Å². The first kappa shape index (κ1) is 12.6. The van der Waals surface area contributed by atoms with Crippen molar-refractivity contribution in [1.82, 2.24) is 15.1 Å². The second-order valence-corrected chi connectivity index (χ2v) is 5.38. The molecule has 0 saturated heterocycles. The lowest BCUT2D eigenvalue weighted by molar-refractivity contribution is 0.385. The van der Waals surface area contributed by atoms with Gasteiger partial charge in [-0.3, -0.25) is 4.68 Å². The first-order valence-corrected chi connectivity index (χ1v) is 6.87. The Balaban J connectivity index is 2.03. The largest absolute Gasteiger partial charge is 0.312 e. The van der Waals surface area contributed by atoms with Gasteiger partial charge in [-0.05, 0) is 58.1 Å². The normalized spacial score (nSPS) is 17.4. The fourth-order valence-corrected chi connectivity index (χ4v) is 2.36. The highest BCUT2D eigenvalue weighted by Crippen LogP contribution is 2.33. The van der Waals surface area contributed by atoms with Crippen molar-refractivity contribution in [3.05, 3.63) is 17.0 Å². The van der Waals surface area contributed by atoms with E-state index in [-0.39, 0.29) is 0 Å². The van der Waals surface area contributed by atoms with E-state index in [1.165, 1.54) is 36.2 Å². The second kappa shape index (κ2) is 5.21. The molecule has 1 aromatic rings. The molecule has 17 heavy (non-hydrogen) atoms. The van der Waals surface area contributed by atoms with Gasteiger partial charge >= 0.3 is 0 Å². The summed E-state index contributed by atoms with van der Waals surface area (Å²) in [5.41, 5.74) is 3.84. The highest BCUT2D eigenvalue weighted by Gasteiger charge is 2.31. The van der Waals surface area contributed by atoms with Crippen molar-refractivity contribution in [2.24, 2.45) is 5.92 Å². The number of nitrogens with zero attached hydrogens (tertiary/aromatic N) is 2. The quantitative estimate of drug-likeness (QED) is 0.821. The zero-order valence-corrected chi connectivity index (χ0v) is 11.6. The highest BCUT2D eigenvalue weighted by atomic mass is 15.3. The van der Waals surface area contributed by atoms with Crippen molar-refractivity contribution < 1.29 is 0 Å². The van der Waals surface area contributed by atoms with E-state index in [4.69, 9.17) is 0 Å². The molecule has 1 saturated carbocycles. The first-order chi connectivity index (χ1) is 8.13. The van der Waals surface area contributed by atoms with E-state index in [0.717, 1.165) is 19.0 Å². The van der Waals surface area contributed by atoms with Crippen LogP contribution in [0.2, 0.25) is 0 Å². The van der Waals surface area contributed by atoms with Crippen LogP contribution in [0.25, 0.3) is 0 Å². The van der Waals surface area contributed by atoms with Gasteiger partial charge in [0.05, 0.1) is 12.2 Å². The van der Waals surface area contributed by atoms with Crippen LogP contribution < -0.4 is 5.32 Å². The number of aryl methyl sites for hydroxylation is 1. The minimum Gasteiger partial charge on any atom is -0.312 e. The van der Waals surface area contributed by atoms with Gasteiger partial charge in [0.1, 0.15) is 0 Å². The van der Waals surface area contributed by atoms with Crippen LogP contribution in [-0.2, 0) is 6.54 Å². The highest BCUT2D eigenvalue weighted by molar-refractivity contribution is 5.22. The van der Waals surface area contributed by atoms with E-state index in [9.17, 15) is 0 Å². The average molecular weight is 235 g/mol. The molecular weight excluding hydrogens is 210 g/mol. The van der Waals surface area contributed by atoms with E-state index in [1.807, 2.05) is 0 Å². The van der Waals surface area contributed by atoms with Gasteiger partial charge in [0.25, 0.3) is 0 Å². The van der Waals surface area contributed by atoms with Gasteiger partial charge in [0.2, 0.25) is 0 Å². The average Bonchev–Trinajstić information content (AvgIpc) is 3.11. The summed E-state index contributed by atoms with van der Waals surface area (Å²) >= 11 is 0. The molecule has 0 aliphatic heterocycles. The summed E-state index contributed by atoms with van der Waals surface area (Å²) in [6, 6.07) is 0.618. The summed E-state index contributed by atoms with van der Waals surface area (Å²) in [4.78, 5) is 0. The lowest BCUT2D eigenvalue weighted by Gasteiger charge is -2.18. The summed E-state index contributed by atoms with van der Waals surface area (Å²) in [6.45, 7) is 10.8. The fraction of sp³-hybridized carbons (Fsp3) is 0.786. The van der Waals surface area contributed by atoms with E-state index >= 15 is 0 Å². The molecule has 1 aromatic heterocycles. The van der Waals surface area contributed by atoms with Crippen LogP contribution in [0, 0.1) is 26.7 Å². The van der Waals surface area contributed by atoms with Crippen molar-refractivity contribution in [2.45, 2.75) is 59.5 Å². The lowest BCUT2D eigenvalue weighted by Crippen LogP contribution is -2.36. The monoisotopic (exact) mass is 235 g/mol. The van der Waals surface area contributed by atoms with Crippen molar-refractivity contribution in [3.63, 3.8) is 0 Å². The molecule has 3 heteroatoms. The smallest absolute Gasteiger partial charge is 0.0625 e. The molecule has 0 aromatic carbocycles. The lowest BCUT2D eigenvalue weighted by atomic mass is 10.1. The Kier molecular flexibility index (Phi) is 3.87. The van der Waals surface area contributed by atoms with Gasteiger partial charge in [-0.1, -0.05) is 6.92 Å². The summed E-state index contributed by atoms with van der Waals surface area (Å²) in [7, 11) is 0. The molecule has 1 atom stereocenters. The van der Waals surface area contributed by atoms with Crippen LogP contribution >= 0.6 is 0 Å². The zero-order valence-electron chi connectivity index (χ0n) is 11.6. The van der Waals surface area contributed by atoms with Crippen molar-refractivity contribution >= 4 is 0 Å². The molecule has 1 heterocycles. The minimum absolute atomic E-state index is 0.618. The summed E-state index contributed by atoms with van der Waals surface area (Å²) in [6.07, 6.45) is 3.98. The van der Waals surface area contributed by atoms with Crippen LogP contribution in [0.5, 0.6) is 0 Å². The molecule has 2 rings (SSSR count). The van der Waals surface area contributed by atoms with E-state index in [1.54, 1.807) is 0 Å². The molecule has 1 aliphatic rings. The molecule has 0 amide bonds. The van der Waals surface area contributed by atoms with Gasteiger partial charge < -0.3 is 5.32 Å². The minimum atomic E-state index is 0.618. The van der Waals surface area contributed by atoms with Gasteiger partial charge in [-0.15, -0.1) is 0 Å². The van der Waals surface area contributed by atoms with Crippen LogP contribution in [0.4, 0.5) is 0 Å². The van der Waals surface area contributed by atoms with Crippen molar-refractivity contribution in [1.29, 1.82) is 0 Å². The predicted octanol–water partition coefficient (Wildman–Crippen LogP) is 2.59. The molecule has 0 bridgehead atoms. The van der Waals surface area contributed by atoms with E-state index in [0.29, 0.717) is 6.04 Å². The Morgan fingerprint density at radius 3 is 2.53 bits per heavy atom. The number of hydrogen-bond donors (Lipinski definition) is 1. The number of aromatic nitrogens is 2. The molecule has 0 radical (unpaired) electrons. The van der Waals surface area contributed by atoms with Gasteiger partial charge in [-0.25, -0.2) is 0 Å². The maximum absolute atomic E-state index is 4.64. The van der Waals surface area contributed by atoms with Crippen LogP contribution in [0.3, 0.4) is 0 Å². The summed E-state index contributed by atoms with van der Waals surface area (Å²) in [5.74, 6) is 0.880. The van der Waals surface area contributed by atoms with Crippen molar-refractivity contribution in [2.75, 3.05) is 6.54 Å². The Labute approximate surface area is 105 Å². The third-order valence-corrected chi connectivity index (χ3v) is 3.96. The van der Waals surface area contributed by atoms with Crippen LogP contribution in [-0.4, -0.2) is 22.4 Å². The number of rotatable bonds is 6. The molecule has 1 N–H and O–H groups in total. The SMILES string of the molecule is CCCNC(Cn1nc(C)c(C)c1C)C1CC1. The Bertz CT molecular complexity index is 377. The summed E-state index contributed by atoms with van der Waals surface area (Å²) < 4.78 is 2.19. The second-order valence-electron chi connectivity index (χ2n) is 5.38. The predicted molar refractivity (Wildman–Crippen MR) is 71.2 cm³/mol. The molecule has 0 spiro atoms. The maximum Gasteiger partial charge on any atom is 0.0625 e. The first-order valence-electron chi connectivity index (χ1n) is 6.87. The fourth-order valence-electron chi connectivity index (χ4n) is 2.36. The Hall–Kier alpha value is -0.830. The maximum atomic E-state index is 4.64. The standard InChI is InChI=1S/C14H25N3/c1-5-8-15-14(13-6-7-13)9-17-12(4)10(2)11(3)16-17/h13-15H,5-9H2,1-4H3. The molecule has 1 fully saturated rings. The number of hydrogen-bond acceptors (Lipinski definition) is 2. The number of nitrogens with one attached hydrogen (secondary N) is 1. The molecular formula is C14H25N3. The van der Waals surface area contributed by atoms with Gasteiger partial charge in [0.15, 0.2) is 0 Å². The molecule has 3 nitrogen and oxygen atoms in total. The summed E-state index contributed by atoms with van der Waals surface area (Å²) in [5, 5.41) is 8.32. The molecule has 96 valence electrons.